The van der Waals surface area contributed by atoms with Gasteiger partial charge in [0.15, 0.2) is 6.61 Å². The molecule has 0 aromatic heterocycles. The van der Waals surface area contributed by atoms with Crippen molar-refractivity contribution in [3.63, 3.8) is 0 Å². The van der Waals surface area contributed by atoms with Gasteiger partial charge in [-0.15, -0.1) is 0 Å². The first-order valence-electron chi connectivity index (χ1n) is 7.20. The summed E-state index contributed by atoms with van der Waals surface area (Å²) >= 11 is 0. The Morgan fingerprint density at radius 3 is 2.45 bits per heavy atom. The molecule has 2 aromatic rings. The van der Waals surface area contributed by atoms with Gasteiger partial charge < -0.3 is 10.1 Å². The standard InChI is InChI=1S/C18H18N2O2/c1-2-17(14-6-4-3-5-7-14)18(21)20-15-8-10-16(11-9-15)22-13-12-19/h3-11,17H,2,13H2,1H3,(H,20,21). The fraction of sp³-hybridized carbons (Fsp3) is 0.222. The normalized spacial score (nSPS) is 11.3. The molecule has 1 amide bonds. The van der Waals surface area contributed by atoms with Gasteiger partial charge in [-0.25, -0.2) is 0 Å². The van der Waals surface area contributed by atoms with Crippen molar-refractivity contribution in [3.8, 4) is 11.8 Å². The zero-order chi connectivity index (χ0) is 15.8. The second-order valence-corrected chi connectivity index (χ2v) is 4.83. The van der Waals surface area contributed by atoms with Crippen molar-refractivity contribution in [2.75, 3.05) is 11.9 Å². The number of carbonyl (C=O) groups is 1. The summed E-state index contributed by atoms with van der Waals surface area (Å²) in [4.78, 5) is 12.4. The molecule has 22 heavy (non-hydrogen) atoms. The smallest absolute Gasteiger partial charge is 0.231 e. The first-order valence-corrected chi connectivity index (χ1v) is 7.20. The van der Waals surface area contributed by atoms with Crippen molar-refractivity contribution in [1.29, 1.82) is 5.26 Å². The van der Waals surface area contributed by atoms with Crippen LogP contribution in [0.15, 0.2) is 54.6 Å². The molecule has 4 nitrogen and oxygen atoms in total. The van der Waals surface area contributed by atoms with E-state index in [0.29, 0.717) is 11.4 Å². The molecular weight excluding hydrogens is 276 g/mol. The third-order valence-electron chi connectivity index (χ3n) is 3.35. The molecule has 1 unspecified atom stereocenters. The number of hydrogen-bond donors (Lipinski definition) is 1. The van der Waals surface area contributed by atoms with Crippen molar-refractivity contribution in [2.45, 2.75) is 19.3 Å². The monoisotopic (exact) mass is 294 g/mol. The molecule has 1 N–H and O–H groups in total. The molecule has 0 bridgehead atoms. The molecule has 2 aromatic carbocycles. The highest BCUT2D eigenvalue weighted by Crippen LogP contribution is 2.22. The molecule has 1 atom stereocenters. The maximum Gasteiger partial charge on any atom is 0.231 e. The number of hydrogen-bond acceptors (Lipinski definition) is 3. The molecule has 0 fully saturated rings. The number of ether oxygens (including phenoxy) is 1. The average molecular weight is 294 g/mol. The zero-order valence-corrected chi connectivity index (χ0v) is 12.5. The Morgan fingerprint density at radius 1 is 1.18 bits per heavy atom. The van der Waals surface area contributed by atoms with Crippen molar-refractivity contribution in [2.24, 2.45) is 0 Å². The van der Waals surface area contributed by atoms with E-state index in [0.717, 1.165) is 12.0 Å². The maximum absolute atomic E-state index is 12.4. The summed E-state index contributed by atoms with van der Waals surface area (Å²) in [7, 11) is 0. The molecule has 0 saturated heterocycles. The van der Waals surface area contributed by atoms with E-state index >= 15 is 0 Å². The lowest BCUT2D eigenvalue weighted by molar-refractivity contribution is -0.117. The molecule has 112 valence electrons. The molecule has 0 spiro atoms. The van der Waals surface area contributed by atoms with Crippen molar-refractivity contribution in [3.05, 3.63) is 60.2 Å². The van der Waals surface area contributed by atoms with Crippen LogP contribution < -0.4 is 10.1 Å². The number of benzene rings is 2. The summed E-state index contributed by atoms with van der Waals surface area (Å²) in [6.45, 7) is 2.01. The van der Waals surface area contributed by atoms with E-state index in [1.807, 2.05) is 43.3 Å². The van der Waals surface area contributed by atoms with Gasteiger partial charge >= 0.3 is 0 Å². The summed E-state index contributed by atoms with van der Waals surface area (Å²) in [5, 5.41) is 11.4. The van der Waals surface area contributed by atoms with Crippen LogP contribution >= 0.6 is 0 Å². The van der Waals surface area contributed by atoms with Gasteiger partial charge in [0.1, 0.15) is 11.8 Å². The summed E-state index contributed by atoms with van der Waals surface area (Å²) in [5.41, 5.74) is 1.72. The second-order valence-electron chi connectivity index (χ2n) is 4.83. The quantitative estimate of drug-likeness (QED) is 0.883. The zero-order valence-electron chi connectivity index (χ0n) is 12.5. The Bertz CT molecular complexity index is 645. The van der Waals surface area contributed by atoms with E-state index < -0.39 is 0 Å². The predicted molar refractivity (Wildman–Crippen MR) is 85.7 cm³/mol. The van der Waals surface area contributed by atoms with Crippen molar-refractivity contribution < 1.29 is 9.53 Å². The third kappa shape index (κ3) is 4.10. The number of nitrogens with zero attached hydrogens (tertiary/aromatic N) is 1. The van der Waals surface area contributed by atoms with Crippen LogP contribution in [0.3, 0.4) is 0 Å². The first-order chi connectivity index (χ1) is 10.7. The molecule has 0 aliphatic heterocycles. The van der Waals surface area contributed by atoms with Gasteiger partial charge in [-0.2, -0.15) is 5.26 Å². The van der Waals surface area contributed by atoms with Crippen LogP contribution in [0.25, 0.3) is 0 Å². The van der Waals surface area contributed by atoms with Gasteiger partial charge in [0, 0.05) is 5.69 Å². The van der Waals surface area contributed by atoms with E-state index in [1.54, 1.807) is 24.3 Å². The van der Waals surface area contributed by atoms with Crippen LogP contribution in [0.5, 0.6) is 5.75 Å². The molecule has 0 saturated carbocycles. The van der Waals surface area contributed by atoms with Crippen LogP contribution in [0.2, 0.25) is 0 Å². The van der Waals surface area contributed by atoms with Gasteiger partial charge in [-0.1, -0.05) is 37.3 Å². The minimum atomic E-state index is -0.171. The number of amides is 1. The van der Waals surface area contributed by atoms with E-state index in [1.165, 1.54) is 0 Å². The Labute approximate surface area is 130 Å². The van der Waals surface area contributed by atoms with Crippen LogP contribution in [0, 0.1) is 11.3 Å². The molecule has 0 aliphatic rings. The number of rotatable bonds is 6. The largest absolute Gasteiger partial charge is 0.479 e. The third-order valence-corrected chi connectivity index (χ3v) is 3.35. The molecule has 0 heterocycles. The van der Waals surface area contributed by atoms with Crippen LogP contribution in [-0.4, -0.2) is 12.5 Å². The van der Waals surface area contributed by atoms with Gasteiger partial charge in [-0.3, -0.25) is 4.79 Å². The minimum Gasteiger partial charge on any atom is -0.479 e. The van der Waals surface area contributed by atoms with E-state index in [2.05, 4.69) is 5.32 Å². The van der Waals surface area contributed by atoms with Crippen molar-refractivity contribution in [1.82, 2.24) is 0 Å². The highest BCUT2D eigenvalue weighted by molar-refractivity contribution is 5.95. The second kappa shape index (κ2) is 7.84. The van der Waals surface area contributed by atoms with Crippen LogP contribution in [-0.2, 0) is 4.79 Å². The van der Waals surface area contributed by atoms with E-state index in [4.69, 9.17) is 10.00 Å². The first kappa shape index (κ1) is 15.6. The summed E-state index contributed by atoms with van der Waals surface area (Å²) in [6.07, 6.45) is 0.735. The van der Waals surface area contributed by atoms with E-state index in [-0.39, 0.29) is 18.4 Å². The summed E-state index contributed by atoms with van der Waals surface area (Å²) in [6, 6.07) is 18.7. The van der Waals surface area contributed by atoms with Gasteiger partial charge in [0.25, 0.3) is 0 Å². The van der Waals surface area contributed by atoms with Crippen LogP contribution in [0.4, 0.5) is 5.69 Å². The number of nitriles is 1. The molecule has 2 rings (SSSR count). The van der Waals surface area contributed by atoms with Crippen LogP contribution in [0.1, 0.15) is 24.8 Å². The average Bonchev–Trinajstić information content (AvgIpc) is 2.56. The Morgan fingerprint density at radius 2 is 1.86 bits per heavy atom. The van der Waals surface area contributed by atoms with Gasteiger partial charge in [0.05, 0.1) is 5.92 Å². The topological polar surface area (TPSA) is 62.1 Å². The molecular formula is C18H18N2O2. The Kier molecular flexibility index (Phi) is 5.56. The minimum absolute atomic E-state index is 0.0115. The maximum atomic E-state index is 12.4. The summed E-state index contributed by atoms with van der Waals surface area (Å²) in [5.74, 6) is 0.407. The predicted octanol–water partition coefficient (Wildman–Crippen LogP) is 3.72. The van der Waals surface area contributed by atoms with Gasteiger partial charge in [-0.05, 0) is 36.2 Å². The lowest BCUT2D eigenvalue weighted by Gasteiger charge is -2.15. The van der Waals surface area contributed by atoms with E-state index in [9.17, 15) is 4.79 Å². The number of anilines is 1. The fourth-order valence-corrected chi connectivity index (χ4v) is 2.24. The van der Waals surface area contributed by atoms with Crippen molar-refractivity contribution >= 4 is 11.6 Å². The lowest BCUT2D eigenvalue weighted by Crippen LogP contribution is -2.20. The highest BCUT2D eigenvalue weighted by Gasteiger charge is 2.18. The Hall–Kier alpha value is -2.80. The molecule has 0 radical (unpaired) electrons. The Balaban J connectivity index is 2.03. The SMILES string of the molecule is CCC(C(=O)Nc1ccc(OCC#N)cc1)c1ccccc1. The fourth-order valence-electron chi connectivity index (χ4n) is 2.24. The number of carbonyl (C=O) groups excluding carboxylic acids is 1. The molecule has 4 heteroatoms. The number of nitrogens with one attached hydrogen (secondary N) is 1. The van der Waals surface area contributed by atoms with Gasteiger partial charge in [0.2, 0.25) is 5.91 Å². The lowest BCUT2D eigenvalue weighted by atomic mass is 9.95. The highest BCUT2D eigenvalue weighted by atomic mass is 16.5. The summed E-state index contributed by atoms with van der Waals surface area (Å²) < 4.78 is 5.18. The molecule has 0 aliphatic carbocycles.